The lowest BCUT2D eigenvalue weighted by atomic mass is 9.76. The quantitative estimate of drug-likeness (QED) is 0.691. The third kappa shape index (κ3) is 3.21. The van der Waals surface area contributed by atoms with Crippen molar-refractivity contribution >= 4 is 21.6 Å². The van der Waals surface area contributed by atoms with Crippen LogP contribution in [0.25, 0.3) is 10.2 Å². The summed E-state index contributed by atoms with van der Waals surface area (Å²) in [6, 6.07) is 16.3. The first-order chi connectivity index (χ1) is 13.7. The number of benzene rings is 2. The van der Waals surface area contributed by atoms with Gasteiger partial charge in [-0.1, -0.05) is 30.3 Å². The predicted octanol–water partition coefficient (Wildman–Crippen LogP) is 4.54. The molecule has 0 aliphatic carbocycles. The molecule has 2 bridgehead atoms. The molecule has 0 amide bonds. The molecular weight excluding hydrogens is 366 g/mol. The Hall–Kier alpha value is -1.95. The van der Waals surface area contributed by atoms with Gasteiger partial charge >= 0.3 is 0 Å². The van der Waals surface area contributed by atoms with Crippen LogP contribution in [-0.4, -0.2) is 36.1 Å². The zero-order chi connectivity index (χ0) is 19.1. The van der Waals surface area contributed by atoms with Crippen molar-refractivity contribution in [2.45, 2.75) is 38.4 Å². The summed E-state index contributed by atoms with van der Waals surface area (Å²) < 4.78 is 6.90. The lowest BCUT2D eigenvalue weighted by Crippen LogP contribution is -2.57. The Morgan fingerprint density at radius 1 is 1.18 bits per heavy atom. The summed E-state index contributed by atoms with van der Waals surface area (Å²) in [6.45, 7) is 5.31. The first kappa shape index (κ1) is 18.1. The second-order valence-corrected chi connectivity index (χ2v) is 9.24. The van der Waals surface area contributed by atoms with E-state index in [-0.39, 0.29) is 0 Å². The fourth-order valence-corrected chi connectivity index (χ4v) is 5.90. The maximum Gasteiger partial charge on any atom is 0.124 e. The maximum atomic E-state index is 5.70. The number of fused-ring (bicyclic) bond motifs is 4. The highest BCUT2D eigenvalue weighted by Gasteiger charge is 2.42. The smallest absolute Gasteiger partial charge is 0.124 e. The summed E-state index contributed by atoms with van der Waals surface area (Å²) in [6.07, 6.45) is 2.59. The zero-order valence-corrected chi connectivity index (χ0v) is 17.3. The normalized spacial score (nSPS) is 26.6. The minimum atomic E-state index is 0.463. The number of methoxy groups -OCH3 is 1. The van der Waals surface area contributed by atoms with E-state index in [4.69, 9.17) is 4.74 Å². The van der Waals surface area contributed by atoms with E-state index in [9.17, 15) is 0 Å². The van der Waals surface area contributed by atoms with Crippen molar-refractivity contribution in [1.82, 2.24) is 15.2 Å². The van der Waals surface area contributed by atoms with Gasteiger partial charge < -0.3 is 10.1 Å². The van der Waals surface area contributed by atoms with Crippen LogP contribution in [-0.2, 0) is 6.54 Å². The van der Waals surface area contributed by atoms with E-state index < -0.39 is 0 Å². The molecule has 3 saturated heterocycles. The Kier molecular flexibility index (Phi) is 4.83. The van der Waals surface area contributed by atoms with Crippen LogP contribution < -0.4 is 10.1 Å². The molecular formula is C23H27N3OS. The van der Waals surface area contributed by atoms with E-state index in [1.807, 2.05) is 0 Å². The van der Waals surface area contributed by atoms with Gasteiger partial charge in [0.2, 0.25) is 0 Å². The summed E-state index contributed by atoms with van der Waals surface area (Å²) in [5.41, 5.74) is 3.71. The number of ether oxygens (including phenoxy) is 1. The number of aromatic nitrogens is 1. The second kappa shape index (κ2) is 7.47. The SMILES string of the molecule is COc1cc2sc(C)nc2cc1CNC1C2CCN(CC2)C1c1ccccc1. The van der Waals surface area contributed by atoms with E-state index in [2.05, 4.69) is 64.6 Å². The van der Waals surface area contributed by atoms with E-state index >= 15 is 0 Å². The second-order valence-electron chi connectivity index (χ2n) is 8.00. The standard InChI is InChI=1S/C23H27N3OS/c1-15-25-19-12-18(20(27-2)13-21(19)28-15)14-24-22-16-8-10-26(11-9-16)23(22)17-6-4-3-5-7-17/h3-7,12-13,16,22-24H,8-11,14H2,1-2H3. The van der Waals surface area contributed by atoms with Gasteiger partial charge in [0.05, 0.1) is 28.4 Å². The Labute approximate surface area is 170 Å². The molecule has 3 aliphatic heterocycles. The number of rotatable bonds is 5. The van der Waals surface area contributed by atoms with Crippen LogP contribution in [0.1, 0.15) is 35.0 Å². The Bertz CT molecular complexity index is 963. The van der Waals surface area contributed by atoms with E-state index in [0.717, 1.165) is 28.7 Å². The van der Waals surface area contributed by atoms with Crippen molar-refractivity contribution in [2.75, 3.05) is 20.2 Å². The lowest BCUT2D eigenvalue weighted by molar-refractivity contribution is 0.0112. The van der Waals surface area contributed by atoms with Crippen molar-refractivity contribution in [2.24, 2.45) is 5.92 Å². The van der Waals surface area contributed by atoms with E-state index in [0.29, 0.717) is 12.1 Å². The molecule has 2 unspecified atom stereocenters. The molecule has 0 saturated carbocycles. The number of thiazole rings is 1. The van der Waals surface area contributed by atoms with Crippen LogP contribution in [0.2, 0.25) is 0 Å². The molecule has 3 aliphatic rings. The van der Waals surface area contributed by atoms with Crippen LogP contribution in [0.3, 0.4) is 0 Å². The third-order valence-electron chi connectivity index (χ3n) is 6.38. The Morgan fingerprint density at radius 2 is 1.96 bits per heavy atom. The lowest BCUT2D eigenvalue weighted by Gasteiger charge is -2.51. The average molecular weight is 394 g/mol. The van der Waals surface area contributed by atoms with Gasteiger partial charge in [-0.3, -0.25) is 4.90 Å². The molecule has 146 valence electrons. The molecule has 0 radical (unpaired) electrons. The number of piperidine rings is 3. The molecule has 2 aromatic carbocycles. The van der Waals surface area contributed by atoms with Gasteiger partial charge in [0.1, 0.15) is 5.75 Å². The van der Waals surface area contributed by atoms with Crippen LogP contribution in [0, 0.1) is 12.8 Å². The molecule has 1 aromatic heterocycles. The van der Waals surface area contributed by atoms with Gasteiger partial charge in [-0.05, 0) is 56.5 Å². The highest BCUT2D eigenvalue weighted by atomic mass is 32.1. The van der Waals surface area contributed by atoms with Crippen molar-refractivity contribution in [1.29, 1.82) is 0 Å². The predicted molar refractivity (Wildman–Crippen MR) is 115 cm³/mol. The summed E-state index contributed by atoms with van der Waals surface area (Å²) in [4.78, 5) is 7.34. The molecule has 0 spiro atoms. The van der Waals surface area contributed by atoms with Crippen molar-refractivity contribution < 1.29 is 4.74 Å². The van der Waals surface area contributed by atoms with Crippen molar-refractivity contribution in [3.8, 4) is 5.75 Å². The largest absolute Gasteiger partial charge is 0.496 e. The van der Waals surface area contributed by atoms with E-state index in [1.165, 1.54) is 41.8 Å². The molecule has 1 N–H and O–H groups in total. The van der Waals surface area contributed by atoms with Gasteiger partial charge in [0, 0.05) is 18.2 Å². The van der Waals surface area contributed by atoms with Gasteiger partial charge in [0.15, 0.2) is 0 Å². The number of nitrogens with zero attached hydrogens (tertiary/aromatic N) is 2. The van der Waals surface area contributed by atoms with Crippen molar-refractivity contribution in [3.05, 3.63) is 58.6 Å². The molecule has 3 fully saturated rings. The maximum absolute atomic E-state index is 5.70. The van der Waals surface area contributed by atoms with E-state index in [1.54, 1.807) is 18.4 Å². The summed E-state index contributed by atoms with van der Waals surface area (Å²) >= 11 is 1.73. The number of aryl methyl sites for hydroxylation is 1. The molecule has 4 nitrogen and oxygen atoms in total. The Morgan fingerprint density at radius 3 is 2.71 bits per heavy atom. The summed E-state index contributed by atoms with van der Waals surface area (Å²) in [5.74, 6) is 1.70. The van der Waals surface area contributed by atoms with Crippen LogP contribution in [0.4, 0.5) is 0 Å². The first-order valence-electron chi connectivity index (χ1n) is 10.2. The molecule has 3 aromatic rings. The van der Waals surface area contributed by atoms with Crippen molar-refractivity contribution in [3.63, 3.8) is 0 Å². The van der Waals surface area contributed by atoms with Gasteiger partial charge in [-0.2, -0.15) is 0 Å². The summed E-state index contributed by atoms with van der Waals surface area (Å²) in [5, 5.41) is 5.02. The van der Waals surface area contributed by atoms with Crippen LogP contribution in [0.5, 0.6) is 5.75 Å². The number of nitrogens with one attached hydrogen (secondary N) is 1. The molecule has 2 atom stereocenters. The first-order valence-corrected chi connectivity index (χ1v) is 11.0. The molecule has 5 heteroatoms. The highest BCUT2D eigenvalue weighted by molar-refractivity contribution is 7.18. The summed E-state index contributed by atoms with van der Waals surface area (Å²) in [7, 11) is 1.76. The zero-order valence-electron chi connectivity index (χ0n) is 16.5. The third-order valence-corrected chi connectivity index (χ3v) is 7.32. The fraction of sp³-hybridized carbons (Fsp3) is 0.435. The molecule has 4 heterocycles. The van der Waals surface area contributed by atoms with Gasteiger partial charge in [-0.15, -0.1) is 11.3 Å². The number of hydrogen-bond donors (Lipinski definition) is 1. The monoisotopic (exact) mass is 393 g/mol. The Balaban J connectivity index is 1.42. The topological polar surface area (TPSA) is 37.4 Å². The van der Waals surface area contributed by atoms with Crippen LogP contribution >= 0.6 is 11.3 Å². The average Bonchev–Trinajstić information content (AvgIpc) is 3.11. The van der Waals surface area contributed by atoms with Gasteiger partial charge in [0.25, 0.3) is 0 Å². The molecule has 6 rings (SSSR count). The van der Waals surface area contributed by atoms with Crippen LogP contribution in [0.15, 0.2) is 42.5 Å². The highest BCUT2D eigenvalue weighted by Crippen LogP contribution is 2.41. The minimum Gasteiger partial charge on any atom is -0.496 e. The minimum absolute atomic E-state index is 0.463. The fourth-order valence-electron chi connectivity index (χ4n) is 5.06. The molecule has 28 heavy (non-hydrogen) atoms. The number of hydrogen-bond acceptors (Lipinski definition) is 5. The van der Waals surface area contributed by atoms with Gasteiger partial charge in [-0.25, -0.2) is 4.98 Å².